The van der Waals surface area contributed by atoms with E-state index in [0.717, 1.165) is 4.90 Å². The molecule has 0 aliphatic heterocycles. The van der Waals surface area contributed by atoms with Crippen LogP contribution in [-0.2, 0) is 0 Å². The molecule has 0 saturated carbocycles. The van der Waals surface area contributed by atoms with E-state index in [1.165, 1.54) is 11.8 Å². The zero-order valence-corrected chi connectivity index (χ0v) is 12.0. The highest BCUT2D eigenvalue weighted by atomic mass is 35.5. The first-order valence-corrected chi connectivity index (χ1v) is 6.71. The summed E-state index contributed by atoms with van der Waals surface area (Å²) in [6.07, 6.45) is 0. The van der Waals surface area contributed by atoms with Crippen molar-refractivity contribution in [3.8, 4) is 0 Å². The van der Waals surface area contributed by atoms with Crippen molar-refractivity contribution in [2.45, 2.75) is 9.79 Å². The Hall–Kier alpha value is -0.190. The minimum absolute atomic E-state index is 0.273. The molecule has 0 N–H and O–H groups in total. The van der Waals surface area contributed by atoms with Gasteiger partial charge < -0.3 is 0 Å². The fraction of sp³-hybridized carbons (Fsp3) is 0. The van der Waals surface area contributed by atoms with E-state index in [4.69, 9.17) is 46.4 Å². The highest BCUT2D eigenvalue weighted by Crippen LogP contribution is 2.38. The van der Waals surface area contributed by atoms with Crippen molar-refractivity contribution >= 4 is 58.2 Å². The smallest absolute Gasteiger partial charge is 0.137 e. The van der Waals surface area contributed by atoms with Crippen LogP contribution < -0.4 is 0 Å². The van der Waals surface area contributed by atoms with E-state index in [2.05, 4.69) is 10.2 Å². The highest BCUT2D eigenvalue weighted by Gasteiger charge is 2.09. The van der Waals surface area contributed by atoms with Crippen molar-refractivity contribution in [2.75, 3.05) is 0 Å². The van der Waals surface area contributed by atoms with Gasteiger partial charge in [0.2, 0.25) is 0 Å². The van der Waals surface area contributed by atoms with Gasteiger partial charge in [0, 0.05) is 9.92 Å². The zero-order valence-electron chi connectivity index (χ0n) is 8.12. The van der Waals surface area contributed by atoms with Gasteiger partial charge in [0.15, 0.2) is 10.3 Å². The third-order valence-electron chi connectivity index (χ3n) is 1.80. The molecule has 2 rings (SSSR count). The van der Waals surface area contributed by atoms with Crippen LogP contribution in [0.5, 0.6) is 0 Å². The van der Waals surface area contributed by atoms with Crippen LogP contribution in [0, 0.1) is 0 Å². The predicted octanol–water partition coefficient (Wildman–Crippen LogP) is 5.24. The van der Waals surface area contributed by atoms with Gasteiger partial charge in [0.25, 0.3) is 0 Å². The SMILES string of the molecule is Clc1ccc(Cl)c(Sc2cc(Cl)nnc2Cl)c1. The lowest BCUT2D eigenvalue weighted by Crippen LogP contribution is -1.86. The molecular weight excluding hydrogens is 322 g/mol. The van der Waals surface area contributed by atoms with Crippen LogP contribution in [0.4, 0.5) is 0 Å². The molecule has 1 aromatic carbocycles. The molecule has 2 aromatic rings. The monoisotopic (exact) mass is 324 g/mol. The van der Waals surface area contributed by atoms with E-state index in [9.17, 15) is 0 Å². The Morgan fingerprint density at radius 1 is 0.882 bits per heavy atom. The van der Waals surface area contributed by atoms with E-state index < -0.39 is 0 Å². The van der Waals surface area contributed by atoms with Gasteiger partial charge >= 0.3 is 0 Å². The Balaban J connectivity index is 2.37. The second kappa shape index (κ2) is 5.63. The molecule has 17 heavy (non-hydrogen) atoms. The maximum absolute atomic E-state index is 6.05. The lowest BCUT2D eigenvalue weighted by molar-refractivity contribution is 0.998. The summed E-state index contributed by atoms with van der Waals surface area (Å²) in [7, 11) is 0. The maximum atomic E-state index is 6.05. The first kappa shape index (κ1) is 13.2. The molecule has 0 aliphatic carbocycles. The van der Waals surface area contributed by atoms with Gasteiger partial charge in [-0.05, 0) is 24.3 Å². The zero-order chi connectivity index (χ0) is 12.4. The number of nitrogens with zero attached hydrogens (tertiary/aromatic N) is 2. The molecule has 1 heterocycles. The van der Waals surface area contributed by atoms with Gasteiger partial charge in [-0.15, -0.1) is 10.2 Å². The number of rotatable bonds is 2. The third kappa shape index (κ3) is 3.39. The first-order chi connectivity index (χ1) is 8.06. The van der Waals surface area contributed by atoms with Crippen molar-refractivity contribution in [1.82, 2.24) is 10.2 Å². The van der Waals surface area contributed by atoms with E-state index in [0.29, 0.717) is 14.9 Å². The molecule has 0 amide bonds. The maximum Gasteiger partial charge on any atom is 0.165 e. The molecule has 0 fully saturated rings. The molecule has 0 bridgehead atoms. The fourth-order valence-corrected chi connectivity index (χ4v) is 2.86. The van der Waals surface area contributed by atoms with Gasteiger partial charge in [-0.1, -0.05) is 58.2 Å². The van der Waals surface area contributed by atoms with E-state index in [1.807, 2.05) is 0 Å². The van der Waals surface area contributed by atoms with E-state index >= 15 is 0 Å². The lowest BCUT2D eigenvalue weighted by Gasteiger charge is -2.05. The minimum atomic E-state index is 0.273. The predicted molar refractivity (Wildman–Crippen MR) is 72.6 cm³/mol. The minimum Gasteiger partial charge on any atom is -0.137 e. The quantitative estimate of drug-likeness (QED) is 0.755. The molecule has 0 saturated heterocycles. The van der Waals surface area contributed by atoms with Gasteiger partial charge in [-0.2, -0.15) is 0 Å². The van der Waals surface area contributed by atoms with Gasteiger partial charge in [0.05, 0.1) is 9.92 Å². The number of halogens is 4. The molecule has 2 nitrogen and oxygen atoms in total. The molecule has 0 radical (unpaired) electrons. The fourth-order valence-electron chi connectivity index (χ4n) is 1.08. The topological polar surface area (TPSA) is 25.8 Å². The van der Waals surface area contributed by atoms with Crippen molar-refractivity contribution in [3.05, 3.63) is 44.6 Å². The van der Waals surface area contributed by atoms with Crippen LogP contribution in [0.15, 0.2) is 34.1 Å². The molecule has 0 unspecified atom stereocenters. The summed E-state index contributed by atoms with van der Waals surface area (Å²) in [6.45, 7) is 0. The Bertz CT molecular complexity index is 512. The van der Waals surface area contributed by atoms with Gasteiger partial charge in [-0.25, -0.2) is 0 Å². The van der Waals surface area contributed by atoms with Crippen molar-refractivity contribution in [1.29, 1.82) is 0 Å². The van der Waals surface area contributed by atoms with Crippen molar-refractivity contribution < 1.29 is 0 Å². The summed E-state index contributed by atoms with van der Waals surface area (Å²) >= 11 is 24.9. The Labute approximate surface area is 122 Å². The molecule has 0 spiro atoms. The van der Waals surface area contributed by atoms with Crippen LogP contribution >= 0.6 is 58.2 Å². The third-order valence-corrected chi connectivity index (χ3v) is 4.14. The summed E-state index contributed by atoms with van der Waals surface area (Å²) in [4.78, 5) is 1.46. The Morgan fingerprint density at radius 3 is 2.41 bits per heavy atom. The van der Waals surface area contributed by atoms with Crippen LogP contribution in [0.25, 0.3) is 0 Å². The summed E-state index contributed by atoms with van der Waals surface area (Å²) in [5.74, 6) is 0. The van der Waals surface area contributed by atoms with Gasteiger partial charge in [-0.3, -0.25) is 0 Å². The molecule has 0 aliphatic rings. The van der Waals surface area contributed by atoms with E-state index in [1.54, 1.807) is 24.3 Å². The Morgan fingerprint density at radius 2 is 1.65 bits per heavy atom. The standard InChI is InChI=1S/C10H4Cl4N2S/c11-5-1-2-6(12)7(3-5)17-8-4-9(13)15-16-10(8)14/h1-4H. The molecule has 1 aromatic heterocycles. The van der Waals surface area contributed by atoms with Crippen LogP contribution in [0.1, 0.15) is 0 Å². The molecular formula is C10H4Cl4N2S. The largest absolute Gasteiger partial charge is 0.165 e. The number of aromatic nitrogens is 2. The highest BCUT2D eigenvalue weighted by molar-refractivity contribution is 7.99. The number of hydrogen-bond acceptors (Lipinski definition) is 3. The van der Waals surface area contributed by atoms with E-state index in [-0.39, 0.29) is 10.3 Å². The summed E-state index contributed by atoms with van der Waals surface area (Å²) in [6, 6.07) is 6.81. The van der Waals surface area contributed by atoms with Crippen LogP contribution in [-0.4, -0.2) is 10.2 Å². The molecule has 88 valence electrons. The molecule has 0 atom stereocenters. The lowest BCUT2D eigenvalue weighted by atomic mass is 10.4. The van der Waals surface area contributed by atoms with Crippen LogP contribution in [0.3, 0.4) is 0 Å². The Kier molecular flexibility index (Phi) is 4.39. The first-order valence-electron chi connectivity index (χ1n) is 4.38. The van der Waals surface area contributed by atoms with Gasteiger partial charge in [0.1, 0.15) is 0 Å². The average Bonchev–Trinajstić information content (AvgIpc) is 2.28. The normalized spacial score (nSPS) is 10.6. The number of hydrogen-bond donors (Lipinski definition) is 0. The summed E-state index contributed by atoms with van der Waals surface area (Å²) < 4.78 is 0. The second-order valence-corrected chi connectivity index (χ2v) is 5.67. The summed E-state index contributed by atoms with van der Waals surface area (Å²) in [5, 5.41) is 9.08. The van der Waals surface area contributed by atoms with Crippen LogP contribution in [0.2, 0.25) is 20.4 Å². The average molecular weight is 326 g/mol. The summed E-state index contributed by atoms with van der Waals surface area (Å²) in [5.41, 5.74) is 0. The number of benzene rings is 1. The second-order valence-electron chi connectivity index (χ2n) is 3.00. The van der Waals surface area contributed by atoms with Crippen molar-refractivity contribution in [3.63, 3.8) is 0 Å². The van der Waals surface area contributed by atoms with Crippen molar-refractivity contribution in [2.24, 2.45) is 0 Å². The molecule has 7 heteroatoms.